The third-order valence-corrected chi connectivity index (χ3v) is 9.87. The Morgan fingerprint density at radius 3 is 2.37 bits per heavy atom. The van der Waals surface area contributed by atoms with Crippen LogP contribution in [0, 0.1) is 0 Å². The highest BCUT2D eigenvalue weighted by molar-refractivity contribution is 7.89. The topological polar surface area (TPSA) is 70.1 Å². The molecule has 6 nitrogen and oxygen atoms in total. The zero-order valence-corrected chi connectivity index (χ0v) is 21.3. The van der Waals surface area contributed by atoms with Crippen LogP contribution >= 0.6 is 0 Å². The molecule has 0 aromatic heterocycles. The van der Waals surface area contributed by atoms with E-state index in [1.165, 1.54) is 29.5 Å². The molecule has 2 saturated heterocycles. The molecule has 188 valence electrons. The molecule has 0 saturated carbocycles. The summed E-state index contributed by atoms with van der Waals surface area (Å²) in [6.07, 6.45) is 8.90. The van der Waals surface area contributed by atoms with E-state index in [0.29, 0.717) is 23.7 Å². The van der Waals surface area contributed by atoms with E-state index in [1.807, 2.05) is 0 Å². The van der Waals surface area contributed by atoms with Crippen molar-refractivity contribution in [2.75, 3.05) is 33.4 Å². The van der Waals surface area contributed by atoms with E-state index in [1.54, 1.807) is 35.7 Å². The minimum Gasteiger partial charge on any atom is -0.497 e. The highest BCUT2D eigenvalue weighted by atomic mass is 32.2. The van der Waals surface area contributed by atoms with Crippen LogP contribution in [-0.4, -0.2) is 68.2 Å². The van der Waals surface area contributed by atoms with E-state index in [0.717, 1.165) is 32.2 Å². The van der Waals surface area contributed by atoms with Crippen molar-refractivity contribution in [2.24, 2.45) is 0 Å². The number of nitrogens with zero attached hydrogens (tertiary/aromatic N) is 2. The molecule has 0 radical (unpaired) electrons. The highest BCUT2D eigenvalue weighted by Gasteiger charge is 2.50. The minimum atomic E-state index is -3.62. The third kappa shape index (κ3) is 4.79. The summed E-state index contributed by atoms with van der Waals surface area (Å²) < 4.78 is 33.9. The van der Waals surface area contributed by atoms with Gasteiger partial charge in [-0.15, -0.1) is 0 Å². The van der Waals surface area contributed by atoms with E-state index in [2.05, 4.69) is 35.2 Å². The summed E-state index contributed by atoms with van der Waals surface area (Å²) in [4.78, 5) is 2.61. The van der Waals surface area contributed by atoms with Gasteiger partial charge in [-0.3, -0.25) is 4.90 Å². The third-order valence-electron chi connectivity index (χ3n) is 7.99. The van der Waals surface area contributed by atoms with Crippen LogP contribution < -0.4 is 4.74 Å². The lowest BCUT2D eigenvalue weighted by Gasteiger charge is -2.57. The Balaban J connectivity index is 1.39. The predicted octanol–water partition coefficient (Wildman–Crippen LogP) is 4.27. The number of hydrogen-bond acceptors (Lipinski definition) is 5. The summed E-state index contributed by atoms with van der Waals surface area (Å²) in [5.41, 5.74) is 3.90. The van der Waals surface area contributed by atoms with E-state index in [4.69, 9.17) is 4.74 Å². The van der Waals surface area contributed by atoms with Gasteiger partial charge in [0.05, 0.1) is 18.6 Å². The van der Waals surface area contributed by atoms with Gasteiger partial charge in [-0.2, -0.15) is 4.31 Å². The first kappa shape index (κ1) is 24.5. The summed E-state index contributed by atoms with van der Waals surface area (Å²) >= 11 is 0. The van der Waals surface area contributed by atoms with E-state index in [-0.39, 0.29) is 24.6 Å². The fraction of sp³-hybridized carbons (Fsp3) is 0.500. The molecular formula is C28H36N2O4S. The van der Waals surface area contributed by atoms with Crippen molar-refractivity contribution in [3.63, 3.8) is 0 Å². The number of hydrogen-bond donors (Lipinski definition) is 1. The van der Waals surface area contributed by atoms with Gasteiger partial charge in [0.15, 0.2) is 0 Å². The number of aliphatic hydroxyl groups excluding tert-OH is 1. The molecule has 0 unspecified atom stereocenters. The van der Waals surface area contributed by atoms with Crippen LogP contribution in [0.4, 0.5) is 0 Å². The predicted molar refractivity (Wildman–Crippen MR) is 138 cm³/mol. The van der Waals surface area contributed by atoms with Gasteiger partial charge in [-0.1, -0.05) is 30.3 Å². The molecule has 35 heavy (non-hydrogen) atoms. The normalized spacial score (nSPS) is 26.1. The summed E-state index contributed by atoms with van der Waals surface area (Å²) in [7, 11) is -2.05. The highest BCUT2D eigenvalue weighted by Crippen LogP contribution is 2.43. The number of rotatable bonds is 6. The van der Waals surface area contributed by atoms with Gasteiger partial charge in [0.1, 0.15) is 5.75 Å². The monoisotopic (exact) mass is 496 g/mol. The second-order valence-corrected chi connectivity index (χ2v) is 11.9. The largest absolute Gasteiger partial charge is 0.497 e. The second kappa shape index (κ2) is 10.4. The van der Waals surface area contributed by atoms with Crippen LogP contribution in [-0.2, 0) is 10.0 Å². The second-order valence-electron chi connectivity index (χ2n) is 9.92. The number of sulfonamides is 1. The van der Waals surface area contributed by atoms with Crippen LogP contribution in [0.1, 0.15) is 55.6 Å². The fourth-order valence-electron chi connectivity index (χ4n) is 6.04. The van der Waals surface area contributed by atoms with Gasteiger partial charge in [0, 0.05) is 31.1 Å². The van der Waals surface area contributed by atoms with Crippen molar-refractivity contribution in [3.8, 4) is 5.75 Å². The summed E-state index contributed by atoms with van der Waals surface area (Å²) in [5, 5.41) is 10.2. The Labute approximate surface area is 209 Å². The maximum Gasteiger partial charge on any atom is 0.243 e. The SMILES string of the molecule is COc1ccc(S(=O)(=O)N2CCCCN3[C@H](CO)[C@H](c4ccc(C5=CCCCC5)cc4)[C@H]3C2)cc1. The summed E-state index contributed by atoms with van der Waals surface area (Å²) in [5.74, 6) is 0.751. The number of allylic oxidation sites excluding steroid dienone is 2. The standard InChI is InChI=1S/C28H36N2O4S/c1-34-24-13-15-25(16-14-24)35(32,33)29-17-5-6-18-30-26(19-29)28(27(30)20-31)23-11-9-22(10-12-23)21-7-3-2-4-8-21/h7,9-16,26-28,31H,2-6,8,17-20H2,1H3/t26-,27-,28-/m1/s1. The van der Waals surface area contributed by atoms with Crippen molar-refractivity contribution in [1.82, 2.24) is 9.21 Å². The molecule has 2 aromatic carbocycles. The first-order valence-electron chi connectivity index (χ1n) is 12.8. The van der Waals surface area contributed by atoms with Gasteiger partial charge in [-0.25, -0.2) is 8.42 Å². The summed E-state index contributed by atoms with van der Waals surface area (Å²) in [6.45, 7) is 1.93. The molecular weight excluding hydrogens is 460 g/mol. The molecule has 0 bridgehead atoms. The smallest absolute Gasteiger partial charge is 0.243 e. The van der Waals surface area contributed by atoms with Gasteiger partial charge in [-0.05, 0) is 86.0 Å². The van der Waals surface area contributed by atoms with Crippen LogP contribution in [0.2, 0.25) is 0 Å². The van der Waals surface area contributed by atoms with Crippen molar-refractivity contribution in [3.05, 3.63) is 65.7 Å². The quantitative estimate of drug-likeness (QED) is 0.647. The van der Waals surface area contributed by atoms with E-state index in [9.17, 15) is 13.5 Å². The molecule has 2 aromatic rings. The van der Waals surface area contributed by atoms with Crippen LogP contribution in [0.15, 0.2) is 59.5 Å². The van der Waals surface area contributed by atoms with Crippen molar-refractivity contribution >= 4 is 15.6 Å². The Kier molecular flexibility index (Phi) is 7.30. The lowest BCUT2D eigenvalue weighted by molar-refractivity contribution is -0.0553. The minimum absolute atomic E-state index is 0.0309. The average molecular weight is 497 g/mol. The fourth-order valence-corrected chi connectivity index (χ4v) is 7.54. The molecule has 3 atom stereocenters. The molecule has 0 spiro atoms. The van der Waals surface area contributed by atoms with Gasteiger partial charge in [0.25, 0.3) is 0 Å². The molecule has 2 heterocycles. The van der Waals surface area contributed by atoms with E-state index >= 15 is 0 Å². The Hall–Kier alpha value is -2.19. The molecule has 2 fully saturated rings. The average Bonchev–Trinajstić information content (AvgIpc) is 2.88. The van der Waals surface area contributed by atoms with Gasteiger partial charge < -0.3 is 9.84 Å². The molecule has 2 aliphatic heterocycles. The van der Waals surface area contributed by atoms with Gasteiger partial charge in [0.2, 0.25) is 10.0 Å². The molecule has 1 N–H and O–H groups in total. The Morgan fingerprint density at radius 2 is 1.71 bits per heavy atom. The van der Waals surface area contributed by atoms with Gasteiger partial charge >= 0.3 is 0 Å². The molecule has 3 aliphatic rings. The zero-order chi connectivity index (χ0) is 24.4. The van der Waals surface area contributed by atoms with Crippen LogP contribution in [0.5, 0.6) is 5.75 Å². The number of methoxy groups -OCH3 is 1. The molecule has 0 amide bonds. The van der Waals surface area contributed by atoms with Crippen LogP contribution in [0.25, 0.3) is 5.57 Å². The number of fused-ring (bicyclic) bond motifs is 1. The first-order chi connectivity index (χ1) is 17.0. The molecule has 7 heteroatoms. The lowest BCUT2D eigenvalue weighted by Crippen LogP contribution is -2.67. The number of aliphatic hydroxyl groups is 1. The maximum atomic E-state index is 13.6. The first-order valence-corrected chi connectivity index (χ1v) is 14.3. The number of benzene rings is 2. The van der Waals surface area contributed by atoms with Crippen molar-refractivity contribution in [1.29, 1.82) is 0 Å². The molecule has 5 rings (SSSR count). The Morgan fingerprint density at radius 1 is 0.971 bits per heavy atom. The van der Waals surface area contributed by atoms with Crippen molar-refractivity contribution in [2.45, 2.75) is 61.4 Å². The zero-order valence-electron chi connectivity index (χ0n) is 20.5. The van der Waals surface area contributed by atoms with Crippen molar-refractivity contribution < 1.29 is 18.3 Å². The maximum absolute atomic E-state index is 13.6. The molecule has 1 aliphatic carbocycles. The summed E-state index contributed by atoms with van der Waals surface area (Å²) in [6, 6.07) is 15.5. The Bertz CT molecular complexity index is 1140. The number of ether oxygens (including phenoxy) is 1. The van der Waals surface area contributed by atoms with E-state index < -0.39 is 10.0 Å². The van der Waals surface area contributed by atoms with Crippen LogP contribution in [0.3, 0.4) is 0 Å². The lowest BCUT2D eigenvalue weighted by atomic mass is 9.74.